The molecule has 0 spiro atoms. The van der Waals surface area contributed by atoms with Gasteiger partial charge in [-0.3, -0.25) is 0 Å². The summed E-state index contributed by atoms with van der Waals surface area (Å²) in [6.45, 7) is 4.83. The van der Waals surface area contributed by atoms with Gasteiger partial charge in [-0.15, -0.1) is 11.3 Å². The fourth-order valence-electron chi connectivity index (χ4n) is 2.47. The molecule has 2 atom stereocenters. The van der Waals surface area contributed by atoms with Gasteiger partial charge in [0.2, 0.25) is 0 Å². The van der Waals surface area contributed by atoms with Gasteiger partial charge in [0, 0.05) is 17.7 Å². The second kappa shape index (κ2) is 4.88. The second-order valence-electron chi connectivity index (χ2n) is 5.19. The summed E-state index contributed by atoms with van der Waals surface area (Å²) in [5, 5.41) is 10.7. The molecule has 0 aliphatic carbocycles. The molecule has 2 heterocycles. The van der Waals surface area contributed by atoms with Crippen molar-refractivity contribution in [3.8, 4) is 0 Å². The van der Waals surface area contributed by atoms with Crippen molar-refractivity contribution >= 4 is 22.9 Å². The zero-order chi connectivity index (χ0) is 12.5. The Morgan fingerprint density at radius 1 is 1.53 bits per heavy atom. The second-order valence-corrected chi connectivity index (χ2v) is 6.99. The molecule has 2 unspecified atom stereocenters. The maximum atomic E-state index is 10.7. The normalized spacial score (nSPS) is 33.9. The van der Waals surface area contributed by atoms with Crippen molar-refractivity contribution in [3.63, 3.8) is 0 Å². The van der Waals surface area contributed by atoms with Crippen molar-refractivity contribution in [3.05, 3.63) is 21.3 Å². The van der Waals surface area contributed by atoms with Crippen LogP contribution in [0.15, 0.2) is 12.1 Å². The van der Waals surface area contributed by atoms with Gasteiger partial charge in [-0.05, 0) is 31.9 Å². The minimum Gasteiger partial charge on any atom is -0.389 e. The Bertz CT molecular complexity index is 393. The molecule has 0 amide bonds. The van der Waals surface area contributed by atoms with Gasteiger partial charge in [-0.2, -0.15) is 0 Å². The third-order valence-electron chi connectivity index (χ3n) is 3.60. The van der Waals surface area contributed by atoms with E-state index in [0.717, 1.165) is 15.6 Å². The van der Waals surface area contributed by atoms with Crippen LogP contribution in [0.1, 0.15) is 38.0 Å². The summed E-state index contributed by atoms with van der Waals surface area (Å²) in [5.74, 6) is 0. The quantitative estimate of drug-likeness (QED) is 0.912. The molecule has 1 aromatic rings. The third-order valence-corrected chi connectivity index (χ3v) is 4.83. The first kappa shape index (κ1) is 13.3. The molecule has 1 aliphatic rings. The molecule has 1 N–H and O–H groups in total. The summed E-state index contributed by atoms with van der Waals surface area (Å²) < 4.78 is 6.56. The summed E-state index contributed by atoms with van der Waals surface area (Å²) >= 11 is 7.47. The van der Waals surface area contributed by atoms with Crippen molar-refractivity contribution in [1.82, 2.24) is 0 Å². The first-order valence-corrected chi connectivity index (χ1v) is 7.25. The number of ether oxygens (including phenoxy) is 1. The summed E-state index contributed by atoms with van der Waals surface area (Å²) in [6.07, 6.45) is 3.02. The summed E-state index contributed by atoms with van der Waals surface area (Å²) in [5.41, 5.74) is -0.828. The van der Waals surface area contributed by atoms with E-state index in [1.165, 1.54) is 0 Å². The molecular weight excluding hydrogens is 256 g/mol. The summed E-state index contributed by atoms with van der Waals surface area (Å²) in [4.78, 5) is 1.15. The fraction of sp³-hybridized carbons (Fsp3) is 0.692. The van der Waals surface area contributed by atoms with Crippen LogP contribution in [0.5, 0.6) is 0 Å². The Balaban J connectivity index is 2.08. The molecule has 1 aromatic heterocycles. The third kappa shape index (κ3) is 3.22. The van der Waals surface area contributed by atoms with Gasteiger partial charge in [0.25, 0.3) is 0 Å². The SMILES string of the molecule is CCC1(C)CC(O)(Cc2ccc(Cl)s2)CCO1. The van der Waals surface area contributed by atoms with Crippen LogP contribution in [0.2, 0.25) is 4.34 Å². The molecule has 0 bridgehead atoms. The van der Waals surface area contributed by atoms with Gasteiger partial charge in [-0.25, -0.2) is 0 Å². The first-order valence-electron chi connectivity index (χ1n) is 6.05. The van der Waals surface area contributed by atoms with E-state index in [2.05, 4.69) is 13.8 Å². The number of rotatable bonds is 3. The lowest BCUT2D eigenvalue weighted by Gasteiger charge is -2.43. The van der Waals surface area contributed by atoms with Crippen molar-refractivity contribution in [2.45, 2.75) is 50.7 Å². The molecule has 2 rings (SSSR count). The van der Waals surface area contributed by atoms with Gasteiger partial charge >= 0.3 is 0 Å². The lowest BCUT2D eigenvalue weighted by Crippen LogP contribution is -2.48. The summed E-state index contributed by atoms with van der Waals surface area (Å²) in [7, 11) is 0. The van der Waals surface area contributed by atoms with Crippen LogP contribution in [0, 0.1) is 0 Å². The number of thiophene rings is 1. The van der Waals surface area contributed by atoms with Crippen LogP contribution in [-0.2, 0) is 11.2 Å². The van der Waals surface area contributed by atoms with Crippen LogP contribution in [0.25, 0.3) is 0 Å². The predicted molar refractivity (Wildman–Crippen MR) is 71.9 cm³/mol. The Morgan fingerprint density at radius 2 is 2.29 bits per heavy atom. The minimum absolute atomic E-state index is 0.186. The van der Waals surface area contributed by atoms with E-state index < -0.39 is 5.60 Å². The van der Waals surface area contributed by atoms with Crippen LogP contribution in [-0.4, -0.2) is 22.9 Å². The number of aliphatic hydroxyl groups is 1. The van der Waals surface area contributed by atoms with Crippen LogP contribution in [0.4, 0.5) is 0 Å². The van der Waals surface area contributed by atoms with Crippen LogP contribution >= 0.6 is 22.9 Å². The summed E-state index contributed by atoms with van der Waals surface area (Å²) in [6, 6.07) is 3.90. The predicted octanol–water partition coefficient (Wildman–Crippen LogP) is 3.65. The largest absolute Gasteiger partial charge is 0.389 e. The van der Waals surface area contributed by atoms with Gasteiger partial charge in [-0.1, -0.05) is 18.5 Å². The van der Waals surface area contributed by atoms with E-state index in [0.29, 0.717) is 25.9 Å². The van der Waals surface area contributed by atoms with Crippen molar-refractivity contribution < 1.29 is 9.84 Å². The van der Waals surface area contributed by atoms with Crippen molar-refractivity contribution in [2.24, 2.45) is 0 Å². The van der Waals surface area contributed by atoms with Gasteiger partial charge in [0.15, 0.2) is 0 Å². The molecule has 0 aromatic carbocycles. The van der Waals surface area contributed by atoms with Crippen molar-refractivity contribution in [1.29, 1.82) is 0 Å². The maximum absolute atomic E-state index is 10.7. The van der Waals surface area contributed by atoms with E-state index >= 15 is 0 Å². The average molecular weight is 275 g/mol. The molecule has 2 nitrogen and oxygen atoms in total. The molecule has 96 valence electrons. The lowest BCUT2D eigenvalue weighted by molar-refractivity contribution is -0.152. The minimum atomic E-state index is -0.642. The zero-order valence-corrected chi connectivity index (χ0v) is 11.9. The number of hydrogen-bond acceptors (Lipinski definition) is 3. The highest BCUT2D eigenvalue weighted by molar-refractivity contribution is 7.16. The van der Waals surface area contributed by atoms with E-state index in [4.69, 9.17) is 16.3 Å². The topological polar surface area (TPSA) is 29.5 Å². The molecule has 1 aliphatic heterocycles. The molecule has 0 saturated carbocycles. The Kier molecular flexibility index (Phi) is 3.83. The van der Waals surface area contributed by atoms with Crippen LogP contribution in [0.3, 0.4) is 0 Å². The molecule has 17 heavy (non-hydrogen) atoms. The Morgan fingerprint density at radius 3 is 2.88 bits per heavy atom. The lowest BCUT2D eigenvalue weighted by atomic mass is 9.79. The smallest absolute Gasteiger partial charge is 0.0931 e. The average Bonchev–Trinajstić information content (AvgIpc) is 2.63. The van der Waals surface area contributed by atoms with E-state index in [1.54, 1.807) is 11.3 Å². The molecule has 1 saturated heterocycles. The fourth-order valence-corrected chi connectivity index (χ4v) is 3.70. The zero-order valence-electron chi connectivity index (χ0n) is 10.3. The number of halogens is 1. The highest BCUT2D eigenvalue weighted by atomic mass is 35.5. The van der Waals surface area contributed by atoms with Gasteiger partial charge < -0.3 is 9.84 Å². The standard InChI is InChI=1S/C13H19ClO2S/c1-3-12(2)9-13(15,6-7-16-12)8-10-4-5-11(14)17-10/h4-5,15H,3,6-9H2,1-2H3. The van der Waals surface area contributed by atoms with Gasteiger partial charge in [0.1, 0.15) is 0 Å². The monoisotopic (exact) mass is 274 g/mol. The van der Waals surface area contributed by atoms with E-state index in [1.807, 2.05) is 12.1 Å². The highest BCUT2D eigenvalue weighted by Crippen LogP contribution is 2.37. The van der Waals surface area contributed by atoms with E-state index in [-0.39, 0.29) is 5.60 Å². The van der Waals surface area contributed by atoms with E-state index in [9.17, 15) is 5.11 Å². The molecular formula is C13H19ClO2S. The van der Waals surface area contributed by atoms with Crippen LogP contribution < -0.4 is 0 Å². The Labute approximate surface area is 112 Å². The van der Waals surface area contributed by atoms with Crippen molar-refractivity contribution in [2.75, 3.05) is 6.61 Å². The first-order chi connectivity index (χ1) is 7.95. The highest BCUT2D eigenvalue weighted by Gasteiger charge is 2.41. The molecule has 1 fully saturated rings. The number of hydrogen-bond donors (Lipinski definition) is 1. The maximum Gasteiger partial charge on any atom is 0.0931 e. The Hall–Kier alpha value is -0.0900. The van der Waals surface area contributed by atoms with Gasteiger partial charge in [0.05, 0.1) is 22.1 Å². The molecule has 4 heteroatoms. The molecule has 0 radical (unpaired) electrons.